The predicted octanol–water partition coefficient (Wildman–Crippen LogP) is 2.63. The van der Waals surface area contributed by atoms with E-state index in [2.05, 4.69) is 10.5 Å². The van der Waals surface area contributed by atoms with Crippen LogP contribution in [0.3, 0.4) is 0 Å². The second kappa shape index (κ2) is 7.71. The topological polar surface area (TPSA) is 99.1 Å². The van der Waals surface area contributed by atoms with E-state index in [9.17, 15) is 14.5 Å². The molecule has 0 spiro atoms. The lowest BCUT2D eigenvalue weighted by molar-refractivity contribution is 0.0928. The summed E-state index contributed by atoms with van der Waals surface area (Å²) in [4.78, 5) is 34.8. The van der Waals surface area contributed by atoms with Crippen LogP contribution in [0.5, 0.6) is 0 Å². The quantitative estimate of drug-likeness (QED) is 0.815. The highest BCUT2D eigenvalue weighted by Gasteiger charge is 2.22. The molecule has 124 valence electrons. The van der Waals surface area contributed by atoms with Gasteiger partial charge in [0, 0.05) is 25.2 Å². The zero-order valence-electron chi connectivity index (χ0n) is 13.1. The minimum Gasteiger partial charge on any atom is -0.465 e. The predicted molar refractivity (Wildman–Crippen MR) is 85.3 cm³/mol. The molecule has 23 heavy (non-hydrogen) atoms. The molecule has 1 heterocycles. The first-order chi connectivity index (χ1) is 11.0. The number of piperidine rings is 1. The van der Waals surface area contributed by atoms with Crippen molar-refractivity contribution in [1.82, 2.24) is 10.2 Å². The summed E-state index contributed by atoms with van der Waals surface area (Å²) in [5.74, 6) is 0.136. The van der Waals surface area contributed by atoms with Gasteiger partial charge in [-0.3, -0.25) is 4.79 Å². The summed E-state index contributed by atoms with van der Waals surface area (Å²) >= 11 is 0. The number of nitrogens with zero attached hydrogens (tertiary/aromatic N) is 2. The summed E-state index contributed by atoms with van der Waals surface area (Å²) in [6.07, 6.45) is 0.633. The fourth-order valence-electron chi connectivity index (χ4n) is 2.64. The lowest BCUT2D eigenvalue weighted by Crippen LogP contribution is -2.40. The molecule has 0 aromatic heterocycles. The maximum Gasteiger partial charge on any atom is 0.407 e. The number of carboxylic acid groups (broad SMARTS) is 1. The lowest BCUT2D eigenvalue weighted by atomic mass is 9.97. The first-order valence-electron chi connectivity index (χ1n) is 7.69. The van der Waals surface area contributed by atoms with E-state index in [-0.39, 0.29) is 5.91 Å². The largest absolute Gasteiger partial charge is 0.465 e. The average molecular weight is 319 g/mol. The molecule has 1 aliphatic heterocycles. The Morgan fingerprint density at radius 3 is 2.43 bits per heavy atom. The van der Waals surface area contributed by atoms with Crippen molar-refractivity contribution >= 4 is 12.0 Å². The first-order valence-corrected chi connectivity index (χ1v) is 7.69. The number of carbonyl (C=O) groups excluding carboxylic acids is 1. The van der Waals surface area contributed by atoms with Crippen LogP contribution in [0.4, 0.5) is 4.79 Å². The van der Waals surface area contributed by atoms with Crippen LogP contribution in [0, 0.1) is 10.8 Å². The van der Waals surface area contributed by atoms with Crippen molar-refractivity contribution in [3.63, 3.8) is 0 Å². The van der Waals surface area contributed by atoms with Crippen molar-refractivity contribution in [3.05, 3.63) is 40.3 Å². The molecule has 1 aliphatic rings. The van der Waals surface area contributed by atoms with Crippen LogP contribution in [0.2, 0.25) is 0 Å². The molecule has 0 aliphatic carbocycles. The molecule has 1 aromatic rings. The van der Waals surface area contributed by atoms with E-state index in [0.717, 1.165) is 18.4 Å². The number of hydrogen-bond donors (Lipinski definition) is 2. The van der Waals surface area contributed by atoms with Gasteiger partial charge in [-0.15, -0.1) is 0 Å². The molecule has 7 heteroatoms. The Labute approximate surface area is 134 Å². The van der Waals surface area contributed by atoms with E-state index in [4.69, 9.17) is 5.11 Å². The molecule has 1 atom stereocenters. The third kappa shape index (κ3) is 4.51. The molecule has 1 aromatic carbocycles. The van der Waals surface area contributed by atoms with Gasteiger partial charge < -0.3 is 15.3 Å². The maximum atomic E-state index is 12.1. The maximum absolute atomic E-state index is 12.1. The van der Waals surface area contributed by atoms with Gasteiger partial charge in [-0.25, -0.2) is 4.79 Å². The van der Waals surface area contributed by atoms with Gasteiger partial charge in [0.1, 0.15) is 6.04 Å². The van der Waals surface area contributed by atoms with E-state index in [0.29, 0.717) is 31.1 Å². The normalized spacial score (nSPS) is 16.7. The molecule has 0 bridgehead atoms. The van der Waals surface area contributed by atoms with Gasteiger partial charge in [-0.2, -0.15) is 4.91 Å². The van der Waals surface area contributed by atoms with Gasteiger partial charge >= 0.3 is 6.09 Å². The summed E-state index contributed by atoms with van der Waals surface area (Å²) < 4.78 is 0. The summed E-state index contributed by atoms with van der Waals surface area (Å²) in [7, 11) is 0. The van der Waals surface area contributed by atoms with Crippen molar-refractivity contribution in [3.8, 4) is 0 Å². The van der Waals surface area contributed by atoms with Gasteiger partial charge in [0.25, 0.3) is 5.91 Å². The standard InChI is InChI=1S/C16H21N3O4/c1-11(18-23)13-2-4-14(5-3-13)15(20)17-10-12-6-8-19(9-7-12)16(21)22/h2-5,11-12H,6-10H2,1H3,(H,17,20)(H,21,22). The van der Waals surface area contributed by atoms with Crippen molar-refractivity contribution in [2.45, 2.75) is 25.8 Å². The van der Waals surface area contributed by atoms with E-state index < -0.39 is 12.1 Å². The fourth-order valence-corrected chi connectivity index (χ4v) is 2.64. The Hall–Kier alpha value is -2.44. The fraction of sp³-hybridized carbons (Fsp3) is 0.500. The van der Waals surface area contributed by atoms with Crippen LogP contribution in [0.1, 0.15) is 41.7 Å². The van der Waals surface area contributed by atoms with Gasteiger partial charge in [0.15, 0.2) is 0 Å². The molecular formula is C16H21N3O4. The van der Waals surface area contributed by atoms with E-state index in [1.807, 2.05) is 0 Å². The van der Waals surface area contributed by atoms with Crippen molar-refractivity contribution in [2.75, 3.05) is 19.6 Å². The van der Waals surface area contributed by atoms with Crippen LogP contribution >= 0.6 is 0 Å². The van der Waals surface area contributed by atoms with Crippen LogP contribution in [-0.4, -0.2) is 41.6 Å². The third-order valence-electron chi connectivity index (χ3n) is 4.25. The van der Waals surface area contributed by atoms with E-state index in [1.54, 1.807) is 31.2 Å². The molecule has 7 nitrogen and oxygen atoms in total. The molecule has 2 N–H and O–H groups in total. The zero-order valence-corrected chi connectivity index (χ0v) is 13.1. The average Bonchev–Trinajstić information content (AvgIpc) is 2.59. The van der Waals surface area contributed by atoms with Crippen LogP contribution in [0.15, 0.2) is 29.4 Å². The molecule has 0 radical (unpaired) electrons. The number of nitroso groups, excluding NO2 is 1. The van der Waals surface area contributed by atoms with Crippen LogP contribution in [-0.2, 0) is 0 Å². The molecule has 1 fully saturated rings. The number of nitrogens with one attached hydrogen (secondary N) is 1. The summed E-state index contributed by atoms with van der Waals surface area (Å²) in [5.41, 5.74) is 1.31. The van der Waals surface area contributed by atoms with Gasteiger partial charge in [-0.1, -0.05) is 17.3 Å². The number of likely N-dealkylation sites (tertiary alicyclic amines) is 1. The third-order valence-corrected chi connectivity index (χ3v) is 4.25. The van der Waals surface area contributed by atoms with E-state index >= 15 is 0 Å². The second-order valence-electron chi connectivity index (χ2n) is 5.83. The minimum absolute atomic E-state index is 0.163. The number of rotatable bonds is 5. The summed E-state index contributed by atoms with van der Waals surface area (Å²) in [6.45, 7) is 3.27. The number of amides is 2. The van der Waals surface area contributed by atoms with Gasteiger partial charge in [0.05, 0.1) is 0 Å². The molecule has 1 saturated heterocycles. The summed E-state index contributed by atoms with van der Waals surface area (Å²) in [5, 5.41) is 14.7. The van der Waals surface area contributed by atoms with E-state index in [1.165, 1.54) is 4.90 Å². The first kappa shape index (κ1) is 16.9. The zero-order chi connectivity index (χ0) is 16.8. The molecule has 2 amide bonds. The van der Waals surface area contributed by atoms with Crippen molar-refractivity contribution in [2.24, 2.45) is 11.1 Å². The SMILES string of the molecule is CC(N=O)c1ccc(C(=O)NCC2CCN(C(=O)O)CC2)cc1. The number of benzene rings is 1. The Kier molecular flexibility index (Phi) is 5.67. The highest BCUT2D eigenvalue weighted by atomic mass is 16.4. The van der Waals surface area contributed by atoms with Crippen molar-refractivity contribution < 1.29 is 14.7 Å². The van der Waals surface area contributed by atoms with Gasteiger partial charge in [0.2, 0.25) is 0 Å². The highest BCUT2D eigenvalue weighted by molar-refractivity contribution is 5.94. The van der Waals surface area contributed by atoms with Gasteiger partial charge in [-0.05, 0) is 43.4 Å². The molecular weight excluding hydrogens is 298 g/mol. The molecule has 0 saturated carbocycles. The molecule has 2 rings (SSSR count). The van der Waals surface area contributed by atoms with Crippen LogP contribution in [0.25, 0.3) is 0 Å². The number of carbonyl (C=O) groups is 2. The summed E-state index contributed by atoms with van der Waals surface area (Å²) in [6, 6.07) is 6.39. The smallest absolute Gasteiger partial charge is 0.407 e. The monoisotopic (exact) mass is 319 g/mol. The minimum atomic E-state index is -0.883. The Bertz CT molecular complexity index is 565. The lowest BCUT2D eigenvalue weighted by Gasteiger charge is -2.29. The molecule has 1 unspecified atom stereocenters. The van der Waals surface area contributed by atoms with Crippen molar-refractivity contribution in [1.29, 1.82) is 0 Å². The Morgan fingerprint density at radius 1 is 1.30 bits per heavy atom. The Balaban J connectivity index is 1.81. The highest BCUT2D eigenvalue weighted by Crippen LogP contribution is 2.18. The Morgan fingerprint density at radius 2 is 1.91 bits per heavy atom. The number of hydrogen-bond acceptors (Lipinski definition) is 4. The van der Waals surface area contributed by atoms with Crippen LogP contribution < -0.4 is 5.32 Å². The second-order valence-corrected chi connectivity index (χ2v) is 5.83.